The van der Waals surface area contributed by atoms with Gasteiger partial charge in [-0.1, -0.05) is 55.0 Å². The first-order chi connectivity index (χ1) is 11.9. The number of nitrogens with zero attached hydrogens (tertiary/aromatic N) is 1. The Morgan fingerprint density at radius 1 is 0.960 bits per heavy atom. The Balaban J connectivity index is 1.99. The predicted molar refractivity (Wildman–Crippen MR) is 98.6 cm³/mol. The first-order valence-electron chi connectivity index (χ1n) is 8.31. The van der Waals surface area contributed by atoms with Gasteiger partial charge in [0, 0.05) is 12.1 Å². The average molecular weight is 355 g/mol. The van der Waals surface area contributed by atoms with E-state index in [4.69, 9.17) is 0 Å². The molecule has 0 spiro atoms. The molecule has 0 N–H and O–H groups in total. The van der Waals surface area contributed by atoms with Crippen LogP contribution in [0.1, 0.15) is 24.5 Å². The van der Waals surface area contributed by atoms with Gasteiger partial charge in [0.15, 0.2) is 5.78 Å². The van der Waals surface area contributed by atoms with E-state index in [2.05, 4.69) is 0 Å². The van der Waals surface area contributed by atoms with Gasteiger partial charge < -0.3 is 0 Å². The molecule has 1 aliphatic rings. The van der Waals surface area contributed by atoms with Crippen molar-refractivity contribution in [1.82, 2.24) is 4.31 Å². The van der Waals surface area contributed by atoms with Crippen LogP contribution in [0.25, 0.3) is 5.57 Å². The van der Waals surface area contributed by atoms with Gasteiger partial charge in [-0.05, 0) is 36.6 Å². The zero-order chi connectivity index (χ0) is 18.0. The summed E-state index contributed by atoms with van der Waals surface area (Å²) in [7, 11) is -3.68. The van der Waals surface area contributed by atoms with E-state index in [0.717, 1.165) is 16.7 Å². The van der Waals surface area contributed by atoms with Crippen molar-refractivity contribution in [3.05, 3.63) is 71.3 Å². The van der Waals surface area contributed by atoms with Crippen LogP contribution in [-0.2, 0) is 14.8 Å². The van der Waals surface area contributed by atoms with Gasteiger partial charge in [-0.15, -0.1) is 0 Å². The molecule has 4 nitrogen and oxygen atoms in total. The molecule has 0 unspecified atom stereocenters. The smallest absolute Gasteiger partial charge is 0.243 e. The van der Waals surface area contributed by atoms with E-state index in [-0.39, 0.29) is 23.8 Å². The highest BCUT2D eigenvalue weighted by Crippen LogP contribution is 2.29. The number of hydrogen-bond donors (Lipinski definition) is 0. The minimum absolute atomic E-state index is 0.121. The van der Waals surface area contributed by atoms with Crippen molar-refractivity contribution in [2.24, 2.45) is 0 Å². The quantitative estimate of drug-likeness (QED) is 0.844. The van der Waals surface area contributed by atoms with Gasteiger partial charge in [-0.3, -0.25) is 4.79 Å². The number of ketones is 1. The van der Waals surface area contributed by atoms with Crippen molar-refractivity contribution in [3.63, 3.8) is 0 Å². The molecule has 0 amide bonds. The molecular weight excluding hydrogens is 334 g/mol. The number of aryl methyl sites for hydroxylation is 1. The van der Waals surface area contributed by atoms with Gasteiger partial charge in [0.2, 0.25) is 10.0 Å². The molecule has 0 bridgehead atoms. The third-order valence-electron chi connectivity index (χ3n) is 4.47. The van der Waals surface area contributed by atoms with Crippen LogP contribution in [0.2, 0.25) is 0 Å². The molecule has 3 rings (SSSR count). The maximum atomic E-state index is 12.9. The van der Waals surface area contributed by atoms with Crippen molar-refractivity contribution in [2.45, 2.75) is 25.2 Å². The van der Waals surface area contributed by atoms with Crippen molar-refractivity contribution in [2.75, 3.05) is 13.1 Å². The van der Waals surface area contributed by atoms with Gasteiger partial charge in [-0.25, -0.2) is 8.42 Å². The normalized spacial score (nSPS) is 16.3. The Labute approximate surface area is 148 Å². The third kappa shape index (κ3) is 3.43. The second-order valence-electron chi connectivity index (χ2n) is 6.21. The fourth-order valence-electron chi connectivity index (χ4n) is 3.07. The Morgan fingerprint density at radius 3 is 2.20 bits per heavy atom. The minimum Gasteiger partial charge on any atom is -0.293 e. The SMILES string of the molecule is CCC1=C(c2ccccc2)C(=O)CN(S(=O)(=O)c2ccc(C)cc2)C1. The van der Waals surface area contributed by atoms with E-state index in [1.54, 1.807) is 24.3 Å². The van der Waals surface area contributed by atoms with Crippen LogP contribution in [0.15, 0.2) is 65.1 Å². The highest BCUT2D eigenvalue weighted by Gasteiger charge is 2.33. The number of carbonyl (C=O) groups excluding carboxylic acids is 1. The second-order valence-corrected chi connectivity index (χ2v) is 8.15. The van der Waals surface area contributed by atoms with Gasteiger partial charge in [-0.2, -0.15) is 4.31 Å². The molecule has 0 saturated carbocycles. The molecule has 1 heterocycles. The molecule has 0 atom stereocenters. The topological polar surface area (TPSA) is 54.5 Å². The standard InChI is InChI=1S/C20H21NO3S/c1-3-16-13-21(25(23,24)18-11-9-15(2)10-12-18)14-19(22)20(16)17-7-5-4-6-8-17/h4-12H,3,13-14H2,1-2H3. The van der Waals surface area contributed by atoms with Crippen LogP contribution in [0.5, 0.6) is 0 Å². The minimum atomic E-state index is -3.68. The number of rotatable bonds is 4. The van der Waals surface area contributed by atoms with E-state index >= 15 is 0 Å². The average Bonchev–Trinajstić information content (AvgIpc) is 2.62. The van der Waals surface area contributed by atoms with Gasteiger partial charge in [0.25, 0.3) is 0 Å². The lowest BCUT2D eigenvalue weighted by molar-refractivity contribution is -0.114. The predicted octanol–water partition coefficient (Wildman–Crippen LogP) is 3.43. The Bertz CT molecular complexity index is 913. The van der Waals surface area contributed by atoms with Gasteiger partial charge >= 0.3 is 0 Å². The molecule has 0 saturated heterocycles. The summed E-state index contributed by atoms with van der Waals surface area (Å²) in [6.07, 6.45) is 0.635. The maximum Gasteiger partial charge on any atom is 0.243 e. The highest BCUT2D eigenvalue weighted by molar-refractivity contribution is 7.89. The number of Topliss-reactive ketones (excluding diaryl/α,β-unsaturated/α-hetero) is 1. The lowest BCUT2D eigenvalue weighted by atomic mass is 9.92. The lowest BCUT2D eigenvalue weighted by Gasteiger charge is -2.29. The summed E-state index contributed by atoms with van der Waals surface area (Å²) in [5.74, 6) is -0.148. The molecule has 2 aromatic rings. The van der Waals surface area contributed by atoms with Crippen molar-refractivity contribution in [1.29, 1.82) is 0 Å². The van der Waals surface area contributed by atoms with E-state index in [0.29, 0.717) is 12.0 Å². The Morgan fingerprint density at radius 2 is 1.60 bits per heavy atom. The number of benzene rings is 2. The summed E-state index contributed by atoms with van der Waals surface area (Å²) in [6, 6.07) is 16.2. The molecule has 0 radical (unpaired) electrons. The second kappa shape index (κ2) is 6.94. The first-order valence-corrected chi connectivity index (χ1v) is 9.75. The summed E-state index contributed by atoms with van der Waals surface area (Å²) >= 11 is 0. The fourth-order valence-corrected chi connectivity index (χ4v) is 4.46. The van der Waals surface area contributed by atoms with Crippen LogP contribution in [-0.4, -0.2) is 31.6 Å². The monoisotopic (exact) mass is 355 g/mol. The fraction of sp³-hybridized carbons (Fsp3) is 0.250. The van der Waals surface area contributed by atoms with Crippen LogP contribution in [0.4, 0.5) is 0 Å². The van der Waals surface area contributed by atoms with E-state index in [1.165, 1.54) is 4.31 Å². The Kier molecular flexibility index (Phi) is 4.88. The zero-order valence-corrected chi connectivity index (χ0v) is 15.2. The molecule has 5 heteroatoms. The molecule has 0 aromatic heterocycles. The van der Waals surface area contributed by atoms with Crippen LogP contribution in [0, 0.1) is 6.92 Å². The van der Waals surface area contributed by atoms with Gasteiger partial charge in [0.1, 0.15) is 0 Å². The summed E-state index contributed by atoms with van der Waals surface area (Å²) in [6.45, 7) is 3.99. The van der Waals surface area contributed by atoms with Crippen LogP contribution < -0.4 is 0 Å². The summed E-state index contributed by atoms with van der Waals surface area (Å²) in [4.78, 5) is 13.0. The van der Waals surface area contributed by atoms with Crippen molar-refractivity contribution < 1.29 is 13.2 Å². The van der Waals surface area contributed by atoms with Crippen LogP contribution >= 0.6 is 0 Å². The summed E-state index contributed by atoms with van der Waals surface area (Å²) in [5.41, 5.74) is 3.38. The zero-order valence-electron chi connectivity index (χ0n) is 14.4. The highest BCUT2D eigenvalue weighted by atomic mass is 32.2. The number of carbonyl (C=O) groups is 1. The summed E-state index contributed by atoms with van der Waals surface area (Å²) < 4.78 is 27.1. The van der Waals surface area contributed by atoms with Crippen molar-refractivity contribution in [3.8, 4) is 0 Å². The van der Waals surface area contributed by atoms with Gasteiger partial charge in [0.05, 0.1) is 11.4 Å². The largest absolute Gasteiger partial charge is 0.293 e. The van der Waals surface area contributed by atoms with Crippen molar-refractivity contribution >= 4 is 21.4 Å². The molecule has 1 aliphatic heterocycles. The number of sulfonamides is 1. The van der Waals surface area contributed by atoms with E-state index < -0.39 is 10.0 Å². The summed E-state index contributed by atoms with van der Waals surface area (Å²) in [5, 5.41) is 0. The molecule has 0 aliphatic carbocycles. The molecule has 25 heavy (non-hydrogen) atoms. The van der Waals surface area contributed by atoms with E-state index in [1.807, 2.05) is 44.2 Å². The van der Waals surface area contributed by atoms with Crippen LogP contribution in [0.3, 0.4) is 0 Å². The molecule has 0 fully saturated rings. The first kappa shape index (κ1) is 17.6. The molecule has 2 aromatic carbocycles. The molecule has 130 valence electrons. The third-order valence-corrected chi connectivity index (χ3v) is 6.27. The van der Waals surface area contributed by atoms with E-state index in [9.17, 15) is 13.2 Å². The lowest BCUT2D eigenvalue weighted by Crippen LogP contribution is -2.41. The molecular formula is C20H21NO3S. The maximum absolute atomic E-state index is 12.9. The Hall–Kier alpha value is -2.24. The number of hydrogen-bond acceptors (Lipinski definition) is 3.